The summed E-state index contributed by atoms with van der Waals surface area (Å²) in [7, 11) is -3.89. The van der Waals surface area contributed by atoms with Crippen LogP contribution < -0.4 is 10.3 Å². The van der Waals surface area contributed by atoms with Crippen LogP contribution in [0.5, 0.6) is 0 Å². The third-order valence-corrected chi connectivity index (χ3v) is 5.67. The highest BCUT2D eigenvalue weighted by atomic mass is 35.5. The van der Waals surface area contributed by atoms with Gasteiger partial charge in [0.25, 0.3) is 15.9 Å². The number of benzene rings is 2. The number of carbonyl (C=O) groups is 1. The van der Waals surface area contributed by atoms with Gasteiger partial charge in [-0.15, -0.1) is 4.83 Å². The fraction of sp³-hybridized carbons (Fsp3) is 0.235. The molecule has 0 heterocycles. The van der Waals surface area contributed by atoms with E-state index in [-0.39, 0.29) is 15.5 Å². The average molecular weight is 401 g/mol. The Kier molecular flexibility index (Phi) is 6.46. The second kappa shape index (κ2) is 8.19. The standard InChI is InChI=1S/C17H18Cl2N2O3S/c1-3-11(2)12-4-7-14(8-5-12)25(23,24)21-20-17(22)15-10-13(18)6-9-16(15)19/h4-11,21H,3H2,1-2H3,(H,20,22)/t11-/m1/s1. The second-order valence-electron chi connectivity index (χ2n) is 5.56. The highest BCUT2D eigenvalue weighted by Crippen LogP contribution is 2.21. The smallest absolute Gasteiger partial charge is 0.267 e. The minimum atomic E-state index is -3.89. The molecule has 0 aliphatic heterocycles. The van der Waals surface area contributed by atoms with Gasteiger partial charge in [0.1, 0.15) is 0 Å². The van der Waals surface area contributed by atoms with E-state index in [2.05, 4.69) is 24.1 Å². The molecule has 0 aromatic heterocycles. The van der Waals surface area contributed by atoms with Gasteiger partial charge < -0.3 is 0 Å². The molecule has 25 heavy (non-hydrogen) atoms. The molecule has 2 aromatic carbocycles. The maximum atomic E-state index is 12.3. The highest BCUT2D eigenvalue weighted by molar-refractivity contribution is 7.89. The number of carbonyl (C=O) groups excluding carboxylic acids is 1. The van der Waals surface area contributed by atoms with Gasteiger partial charge in [-0.05, 0) is 48.2 Å². The minimum absolute atomic E-state index is 0.0528. The van der Waals surface area contributed by atoms with Crippen LogP contribution in [-0.2, 0) is 10.0 Å². The first-order valence-corrected chi connectivity index (χ1v) is 9.85. The first-order valence-electron chi connectivity index (χ1n) is 7.61. The van der Waals surface area contributed by atoms with Gasteiger partial charge in [0.15, 0.2) is 0 Å². The highest BCUT2D eigenvalue weighted by Gasteiger charge is 2.17. The molecule has 1 amide bonds. The van der Waals surface area contributed by atoms with E-state index in [0.717, 1.165) is 12.0 Å². The largest absolute Gasteiger partial charge is 0.273 e. The normalized spacial score (nSPS) is 12.6. The van der Waals surface area contributed by atoms with Crippen LogP contribution in [-0.4, -0.2) is 14.3 Å². The molecule has 0 saturated carbocycles. The summed E-state index contributed by atoms with van der Waals surface area (Å²) in [4.78, 5) is 14.2. The Morgan fingerprint density at radius 1 is 1.12 bits per heavy atom. The lowest BCUT2D eigenvalue weighted by atomic mass is 9.99. The maximum absolute atomic E-state index is 12.3. The first-order chi connectivity index (χ1) is 11.7. The van der Waals surface area contributed by atoms with E-state index in [9.17, 15) is 13.2 Å². The van der Waals surface area contributed by atoms with Gasteiger partial charge in [0, 0.05) is 5.02 Å². The third kappa shape index (κ3) is 4.95. The summed E-state index contributed by atoms with van der Waals surface area (Å²) in [6.45, 7) is 4.13. The zero-order valence-corrected chi connectivity index (χ0v) is 16.0. The summed E-state index contributed by atoms with van der Waals surface area (Å²) in [5.41, 5.74) is 3.26. The van der Waals surface area contributed by atoms with Gasteiger partial charge in [-0.1, -0.05) is 49.2 Å². The summed E-state index contributed by atoms with van der Waals surface area (Å²) in [6.07, 6.45) is 0.959. The summed E-state index contributed by atoms with van der Waals surface area (Å²) < 4.78 is 24.6. The number of amides is 1. The van der Waals surface area contributed by atoms with Gasteiger partial charge in [0.2, 0.25) is 0 Å². The topological polar surface area (TPSA) is 75.3 Å². The number of rotatable bonds is 6. The van der Waals surface area contributed by atoms with Gasteiger partial charge in [-0.25, -0.2) is 8.42 Å². The second-order valence-corrected chi connectivity index (χ2v) is 8.09. The molecule has 0 radical (unpaired) electrons. The number of nitrogens with one attached hydrogen (secondary N) is 2. The Balaban J connectivity index is 2.11. The van der Waals surface area contributed by atoms with E-state index in [1.165, 1.54) is 30.3 Å². The summed E-state index contributed by atoms with van der Waals surface area (Å²) in [5.74, 6) is -0.360. The molecular weight excluding hydrogens is 383 g/mol. The molecule has 0 spiro atoms. The number of hydrazine groups is 1. The van der Waals surface area contributed by atoms with E-state index in [1.54, 1.807) is 12.1 Å². The first kappa shape index (κ1) is 19.7. The SMILES string of the molecule is CC[C@@H](C)c1ccc(S(=O)(=O)NNC(=O)c2cc(Cl)ccc2Cl)cc1. The molecule has 134 valence electrons. The van der Waals surface area contributed by atoms with Crippen LogP contribution in [0, 0.1) is 0 Å². The quantitative estimate of drug-likeness (QED) is 0.715. The van der Waals surface area contributed by atoms with Crippen molar-refractivity contribution in [1.29, 1.82) is 0 Å². The van der Waals surface area contributed by atoms with Crippen molar-refractivity contribution in [2.75, 3.05) is 0 Å². The van der Waals surface area contributed by atoms with E-state index < -0.39 is 15.9 Å². The third-order valence-electron chi connectivity index (χ3n) is 3.84. The van der Waals surface area contributed by atoms with Crippen LogP contribution in [0.4, 0.5) is 0 Å². The Morgan fingerprint density at radius 3 is 2.36 bits per heavy atom. The van der Waals surface area contributed by atoms with E-state index in [0.29, 0.717) is 10.9 Å². The van der Waals surface area contributed by atoms with Crippen molar-refractivity contribution >= 4 is 39.1 Å². The van der Waals surface area contributed by atoms with Crippen LogP contribution in [0.2, 0.25) is 10.0 Å². The summed E-state index contributed by atoms with van der Waals surface area (Å²) >= 11 is 11.7. The van der Waals surface area contributed by atoms with Crippen LogP contribution in [0.15, 0.2) is 47.4 Å². The molecule has 0 aliphatic rings. The van der Waals surface area contributed by atoms with Crippen molar-refractivity contribution in [2.45, 2.75) is 31.1 Å². The van der Waals surface area contributed by atoms with Crippen molar-refractivity contribution in [3.63, 3.8) is 0 Å². The average Bonchev–Trinajstić information content (AvgIpc) is 2.61. The van der Waals surface area contributed by atoms with Gasteiger partial charge >= 0.3 is 0 Å². The molecule has 2 N–H and O–H groups in total. The molecular formula is C17H18Cl2N2O3S. The zero-order chi connectivity index (χ0) is 18.6. The summed E-state index contributed by atoms with van der Waals surface area (Å²) in [6, 6.07) is 10.9. The predicted molar refractivity (Wildman–Crippen MR) is 99.4 cm³/mol. The lowest BCUT2D eigenvalue weighted by Gasteiger charge is -2.12. The van der Waals surface area contributed by atoms with Crippen molar-refractivity contribution < 1.29 is 13.2 Å². The molecule has 0 fully saturated rings. The number of sulfonamides is 1. The van der Waals surface area contributed by atoms with E-state index >= 15 is 0 Å². The minimum Gasteiger partial charge on any atom is -0.273 e. The monoisotopic (exact) mass is 400 g/mol. The van der Waals surface area contributed by atoms with Crippen LogP contribution in [0.1, 0.15) is 42.1 Å². The molecule has 2 aromatic rings. The van der Waals surface area contributed by atoms with Gasteiger partial charge in [0.05, 0.1) is 15.5 Å². The number of hydrogen-bond acceptors (Lipinski definition) is 3. The Hall–Kier alpha value is -1.60. The number of hydrogen-bond donors (Lipinski definition) is 2. The van der Waals surface area contributed by atoms with Gasteiger partial charge in [-0.2, -0.15) is 0 Å². The Bertz CT molecular complexity index is 868. The van der Waals surface area contributed by atoms with Crippen molar-refractivity contribution in [3.05, 3.63) is 63.6 Å². The van der Waals surface area contributed by atoms with Crippen molar-refractivity contribution in [2.24, 2.45) is 0 Å². The fourth-order valence-corrected chi connectivity index (χ4v) is 3.34. The van der Waals surface area contributed by atoms with Crippen LogP contribution in [0.3, 0.4) is 0 Å². The Morgan fingerprint density at radius 2 is 1.76 bits per heavy atom. The molecule has 8 heteroatoms. The van der Waals surface area contributed by atoms with Crippen molar-refractivity contribution in [1.82, 2.24) is 10.3 Å². The molecule has 2 rings (SSSR count). The fourth-order valence-electron chi connectivity index (χ4n) is 2.12. The van der Waals surface area contributed by atoms with Gasteiger partial charge in [-0.3, -0.25) is 10.2 Å². The molecule has 0 aliphatic carbocycles. The lowest BCUT2D eigenvalue weighted by molar-refractivity contribution is 0.0945. The molecule has 5 nitrogen and oxygen atoms in total. The predicted octanol–water partition coefficient (Wildman–Crippen LogP) is 4.13. The zero-order valence-electron chi connectivity index (χ0n) is 13.7. The van der Waals surface area contributed by atoms with Crippen LogP contribution >= 0.6 is 23.2 Å². The molecule has 0 unspecified atom stereocenters. The van der Waals surface area contributed by atoms with E-state index in [4.69, 9.17) is 23.2 Å². The summed E-state index contributed by atoms with van der Waals surface area (Å²) in [5, 5.41) is 0.483. The molecule has 0 bridgehead atoms. The van der Waals surface area contributed by atoms with Crippen LogP contribution in [0.25, 0.3) is 0 Å². The Labute approximate surface area is 157 Å². The maximum Gasteiger partial charge on any atom is 0.267 e. The van der Waals surface area contributed by atoms with E-state index in [1.807, 2.05) is 0 Å². The lowest BCUT2D eigenvalue weighted by Crippen LogP contribution is -2.41. The van der Waals surface area contributed by atoms with Crippen molar-refractivity contribution in [3.8, 4) is 0 Å². The molecule has 0 saturated heterocycles. The number of halogens is 2. The molecule has 1 atom stereocenters.